The monoisotopic (exact) mass is 408 g/mol. The Balaban J connectivity index is 1.64. The number of rotatable bonds is 6. The van der Waals surface area contributed by atoms with E-state index in [0.717, 1.165) is 28.2 Å². The van der Waals surface area contributed by atoms with E-state index >= 15 is 0 Å². The van der Waals surface area contributed by atoms with E-state index in [1.54, 1.807) is 16.8 Å². The molecule has 2 aromatic carbocycles. The number of pyridine rings is 1. The number of nitrogens with one attached hydrogen (secondary N) is 2. The number of hydrogen-bond acceptors (Lipinski definition) is 4. The number of hydrogen-bond donors (Lipinski definition) is 2. The lowest BCUT2D eigenvalue weighted by atomic mass is 10.2. The third-order valence-corrected chi connectivity index (χ3v) is 4.90. The van der Waals surface area contributed by atoms with Crippen LogP contribution in [0, 0.1) is 6.92 Å². The Hall–Kier alpha value is -3.25. The molecule has 0 unspecified atom stereocenters. The fraction of sp³-hybridized carbons (Fsp3) is 0.182. The molecule has 0 saturated heterocycles. The van der Waals surface area contributed by atoms with Gasteiger partial charge in [-0.05, 0) is 56.3 Å². The molecule has 0 aliphatic carbocycles. The number of aryl methyl sites for hydroxylation is 1. The number of anilines is 1. The average molecular weight is 409 g/mol. The summed E-state index contributed by atoms with van der Waals surface area (Å²) in [4.78, 5) is 15.7. The van der Waals surface area contributed by atoms with Crippen molar-refractivity contribution in [1.82, 2.24) is 14.8 Å². The predicted octanol–water partition coefficient (Wildman–Crippen LogP) is 4.69. The summed E-state index contributed by atoms with van der Waals surface area (Å²) in [6.07, 6.45) is 0. The highest BCUT2D eigenvalue weighted by atomic mass is 35.5. The maximum absolute atomic E-state index is 12.7. The van der Waals surface area contributed by atoms with Gasteiger partial charge >= 0.3 is 0 Å². The van der Waals surface area contributed by atoms with Gasteiger partial charge in [0.1, 0.15) is 11.4 Å². The highest BCUT2D eigenvalue weighted by Gasteiger charge is 2.13. The molecule has 6 nitrogen and oxygen atoms in total. The second-order valence-electron chi connectivity index (χ2n) is 6.67. The maximum atomic E-state index is 12.7. The van der Waals surface area contributed by atoms with Crippen LogP contribution in [0.1, 0.15) is 18.2 Å². The van der Waals surface area contributed by atoms with Gasteiger partial charge in [-0.15, -0.1) is 0 Å². The lowest BCUT2D eigenvalue weighted by Gasteiger charge is -2.09. The van der Waals surface area contributed by atoms with E-state index in [4.69, 9.17) is 16.3 Å². The molecular formula is C22H21ClN4O2. The topological polar surface area (TPSA) is 71.9 Å². The molecule has 2 aromatic heterocycles. The van der Waals surface area contributed by atoms with E-state index in [9.17, 15) is 4.79 Å². The molecule has 0 aliphatic heterocycles. The Labute approximate surface area is 173 Å². The minimum absolute atomic E-state index is 0.152. The molecule has 0 fully saturated rings. The lowest BCUT2D eigenvalue weighted by Crippen LogP contribution is -2.16. The molecule has 2 heterocycles. The van der Waals surface area contributed by atoms with Crippen molar-refractivity contribution in [3.05, 3.63) is 81.2 Å². The van der Waals surface area contributed by atoms with Crippen LogP contribution in [0.3, 0.4) is 0 Å². The molecule has 4 rings (SSSR count). The van der Waals surface area contributed by atoms with E-state index in [2.05, 4.69) is 15.4 Å². The van der Waals surface area contributed by atoms with Crippen molar-refractivity contribution >= 4 is 28.3 Å². The molecule has 4 aromatic rings. The maximum Gasteiger partial charge on any atom is 0.254 e. The fourth-order valence-corrected chi connectivity index (χ4v) is 3.35. The third kappa shape index (κ3) is 3.98. The third-order valence-electron chi connectivity index (χ3n) is 4.65. The molecule has 0 saturated carbocycles. The van der Waals surface area contributed by atoms with E-state index in [1.165, 1.54) is 0 Å². The smallest absolute Gasteiger partial charge is 0.254 e. The van der Waals surface area contributed by atoms with Gasteiger partial charge in [0, 0.05) is 34.3 Å². The molecule has 29 heavy (non-hydrogen) atoms. The quantitative estimate of drug-likeness (QED) is 0.485. The Morgan fingerprint density at radius 2 is 1.97 bits per heavy atom. The highest BCUT2D eigenvalue weighted by Crippen LogP contribution is 2.22. The minimum Gasteiger partial charge on any atom is -0.494 e. The summed E-state index contributed by atoms with van der Waals surface area (Å²) in [7, 11) is 0. The first-order valence-corrected chi connectivity index (χ1v) is 9.77. The van der Waals surface area contributed by atoms with Crippen LogP contribution in [0.25, 0.3) is 16.7 Å². The molecule has 2 N–H and O–H groups in total. The van der Waals surface area contributed by atoms with Gasteiger partial charge in [0.15, 0.2) is 0 Å². The molecule has 148 valence electrons. The molecule has 0 amide bonds. The summed E-state index contributed by atoms with van der Waals surface area (Å²) in [6.45, 7) is 4.88. The summed E-state index contributed by atoms with van der Waals surface area (Å²) in [5.74, 6) is 0.793. The number of fused-ring (bicyclic) bond motifs is 1. The van der Waals surface area contributed by atoms with Crippen LogP contribution >= 0.6 is 11.6 Å². The van der Waals surface area contributed by atoms with Crippen LogP contribution < -0.4 is 15.6 Å². The van der Waals surface area contributed by atoms with Crippen molar-refractivity contribution in [3.63, 3.8) is 0 Å². The van der Waals surface area contributed by atoms with E-state index in [-0.39, 0.29) is 5.56 Å². The van der Waals surface area contributed by atoms with Crippen LogP contribution in [0.2, 0.25) is 5.02 Å². The average Bonchev–Trinajstić information content (AvgIpc) is 3.03. The van der Waals surface area contributed by atoms with Gasteiger partial charge < -0.3 is 15.0 Å². The van der Waals surface area contributed by atoms with Crippen LogP contribution in [-0.2, 0) is 6.54 Å². The van der Waals surface area contributed by atoms with Gasteiger partial charge in [0.2, 0.25) is 0 Å². The first-order chi connectivity index (χ1) is 14.0. The summed E-state index contributed by atoms with van der Waals surface area (Å²) in [6, 6.07) is 16.9. The van der Waals surface area contributed by atoms with Crippen molar-refractivity contribution in [2.75, 3.05) is 11.9 Å². The number of aromatic nitrogens is 3. The van der Waals surface area contributed by atoms with Crippen LogP contribution in [0.15, 0.2) is 59.4 Å². The summed E-state index contributed by atoms with van der Waals surface area (Å²) in [5, 5.41) is 9.43. The van der Waals surface area contributed by atoms with Crippen molar-refractivity contribution in [1.29, 1.82) is 0 Å². The van der Waals surface area contributed by atoms with Crippen LogP contribution in [0.4, 0.5) is 5.69 Å². The van der Waals surface area contributed by atoms with Crippen LogP contribution in [-0.4, -0.2) is 21.4 Å². The normalized spacial score (nSPS) is 11.0. The molecule has 0 aliphatic rings. The van der Waals surface area contributed by atoms with Gasteiger partial charge in [-0.1, -0.05) is 17.7 Å². The number of ether oxygens (including phenoxy) is 1. The Bertz CT molecular complexity index is 1210. The largest absolute Gasteiger partial charge is 0.494 e. The zero-order valence-corrected chi connectivity index (χ0v) is 17.0. The van der Waals surface area contributed by atoms with E-state index in [1.807, 2.05) is 56.3 Å². The molecule has 0 bridgehead atoms. The predicted molar refractivity (Wildman–Crippen MR) is 116 cm³/mol. The standard InChI is InChI=1S/C22H21ClN4O2/c1-3-29-19-6-4-5-17(12-19)24-13-15-11-20-14(2)26-27(21(20)25-22(15)28)18-9-7-16(23)8-10-18/h4-12,24H,3,13H2,1-2H3,(H,25,28). The van der Waals surface area contributed by atoms with Gasteiger partial charge in [-0.3, -0.25) is 4.79 Å². The number of benzene rings is 2. The second kappa shape index (κ2) is 8.01. The number of halogens is 1. The Kier molecular flexibility index (Phi) is 5.27. The lowest BCUT2D eigenvalue weighted by molar-refractivity contribution is 0.340. The summed E-state index contributed by atoms with van der Waals surface area (Å²) in [5.41, 5.74) is 3.72. The van der Waals surface area contributed by atoms with Gasteiger partial charge in [0.25, 0.3) is 5.56 Å². The van der Waals surface area contributed by atoms with Crippen molar-refractivity contribution < 1.29 is 4.74 Å². The van der Waals surface area contributed by atoms with E-state index < -0.39 is 0 Å². The highest BCUT2D eigenvalue weighted by molar-refractivity contribution is 6.30. The molecular weight excluding hydrogens is 388 g/mol. The fourth-order valence-electron chi connectivity index (χ4n) is 3.22. The van der Waals surface area contributed by atoms with Crippen molar-refractivity contribution in [2.45, 2.75) is 20.4 Å². The Morgan fingerprint density at radius 3 is 2.72 bits per heavy atom. The summed E-state index contributed by atoms with van der Waals surface area (Å²) >= 11 is 5.98. The van der Waals surface area contributed by atoms with Gasteiger partial charge in [-0.25, -0.2) is 4.68 Å². The number of aromatic amines is 1. The summed E-state index contributed by atoms with van der Waals surface area (Å²) < 4.78 is 7.25. The number of H-pyrrole nitrogens is 1. The molecule has 0 atom stereocenters. The molecule has 0 radical (unpaired) electrons. The van der Waals surface area contributed by atoms with E-state index in [0.29, 0.717) is 29.4 Å². The van der Waals surface area contributed by atoms with Gasteiger partial charge in [-0.2, -0.15) is 5.10 Å². The zero-order chi connectivity index (χ0) is 20.4. The molecule has 7 heteroatoms. The van der Waals surface area contributed by atoms with Crippen molar-refractivity contribution in [2.24, 2.45) is 0 Å². The second-order valence-corrected chi connectivity index (χ2v) is 7.11. The van der Waals surface area contributed by atoms with Gasteiger partial charge in [0.05, 0.1) is 18.0 Å². The van der Waals surface area contributed by atoms with Crippen molar-refractivity contribution in [3.8, 4) is 11.4 Å². The molecule has 0 spiro atoms. The Morgan fingerprint density at radius 1 is 1.17 bits per heavy atom. The zero-order valence-electron chi connectivity index (χ0n) is 16.2. The first kappa shape index (κ1) is 19.1. The number of nitrogens with zero attached hydrogens (tertiary/aromatic N) is 2. The first-order valence-electron chi connectivity index (χ1n) is 9.39. The van der Waals surface area contributed by atoms with Crippen LogP contribution in [0.5, 0.6) is 5.75 Å². The minimum atomic E-state index is -0.152. The SMILES string of the molecule is CCOc1cccc(NCc2cc3c(C)nn(-c4ccc(Cl)cc4)c3[nH]c2=O)c1.